The number of thiocarbonyl (C=S) groups is 1. The van der Waals surface area contributed by atoms with Gasteiger partial charge in [0, 0.05) is 49.5 Å². The third kappa shape index (κ3) is 4.78. The maximum atomic E-state index is 5.89. The lowest BCUT2D eigenvalue weighted by molar-refractivity contribution is 0.0350. The van der Waals surface area contributed by atoms with Gasteiger partial charge in [-0.25, -0.2) is 0 Å². The number of methoxy groups -OCH3 is 1. The van der Waals surface area contributed by atoms with Crippen molar-refractivity contribution in [3.63, 3.8) is 0 Å². The molecule has 5 rings (SSSR count). The summed E-state index contributed by atoms with van der Waals surface area (Å²) >= 11 is 5.89. The number of hydrogen-bond donors (Lipinski definition) is 1. The van der Waals surface area contributed by atoms with Crippen molar-refractivity contribution >= 4 is 17.3 Å². The van der Waals surface area contributed by atoms with Crippen molar-refractivity contribution in [3.05, 3.63) is 77.4 Å². The SMILES string of the molecule is COc1ccc(-n2c(C)cc([C@@H]3[C@H](c4ccccn4)NC(=S)N3CCN3CCOCC3)c2C)cc1. The number of nitrogens with one attached hydrogen (secondary N) is 1. The van der Waals surface area contributed by atoms with Gasteiger partial charge in [-0.2, -0.15) is 0 Å². The van der Waals surface area contributed by atoms with Crippen LogP contribution in [0.25, 0.3) is 5.69 Å². The molecule has 4 heterocycles. The molecule has 8 heteroatoms. The first-order valence-corrected chi connectivity index (χ1v) is 12.6. The standard InChI is InChI=1S/C27H33N5O2S/c1-19-18-23(20(2)32(19)21-7-9-22(33-3)10-8-21)26-25(24-6-4-5-11-28-24)29-27(35)31(26)13-12-30-14-16-34-17-15-30/h4-11,18,25-26H,12-17H2,1-3H3,(H,29,35)/t25-,26+/m0/s1. The number of pyridine rings is 1. The molecular weight excluding hydrogens is 458 g/mol. The second-order valence-electron chi connectivity index (χ2n) is 9.13. The molecule has 2 atom stereocenters. The Morgan fingerprint density at radius 3 is 2.54 bits per heavy atom. The Morgan fingerprint density at radius 1 is 1.09 bits per heavy atom. The fourth-order valence-electron chi connectivity index (χ4n) is 5.27. The van der Waals surface area contributed by atoms with Crippen molar-refractivity contribution in [3.8, 4) is 11.4 Å². The topological polar surface area (TPSA) is 54.8 Å². The van der Waals surface area contributed by atoms with E-state index in [1.165, 1.54) is 17.0 Å². The molecule has 0 spiro atoms. The van der Waals surface area contributed by atoms with Gasteiger partial charge in [0.05, 0.1) is 38.1 Å². The van der Waals surface area contributed by atoms with Crippen LogP contribution in [0.5, 0.6) is 5.75 Å². The molecule has 2 aromatic heterocycles. The maximum Gasteiger partial charge on any atom is 0.170 e. The van der Waals surface area contributed by atoms with Crippen molar-refractivity contribution in [1.29, 1.82) is 0 Å². The Morgan fingerprint density at radius 2 is 1.86 bits per heavy atom. The maximum absolute atomic E-state index is 5.89. The number of morpholine rings is 1. The Labute approximate surface area is 212 Å². The van der Waals surface area contributed by atoms with Gasteiger partial charge >= 0.3 is 0 Å². The number of hydrogen-bond acceptors (Lipinski definition) is 5. The Balaban J connectivity index is 1.51. The van der Waals surface area contributed by atoms with E-state index in [1.54, 1.807) is 7.11 Å². The van der Waals surface area contributed by atoms with E-state index in [0.29, 0.717) is 0 Å². The van der Waals surface area contributed by atoms with Gasteiger partial charge in [0.1, 0.15) is 5.75 Å². The Bertz CT molecular complexity index is 1160. The van der Waals surface area contributed by atoms with Gasteiger partial charge in [-0.3, -0.25) is 9.88 Å². The molecule has 0 unspecified atom stereocenters. The van der Waals surface area contributed by atoms with Gasteiger partial charge in [-0.1, -0.05) is 6.07 Å². The average molecular weight is 492 g/mol. The zero-order valence-corrected chi connectivity index (χ0v) is 21.4. The minimum atomic E-state index is -0.0155. The lowest BCUT2D eigenvalue weighted by Crippen LogP contribution is -2.42. The van der Waals surface area contributed by atoms with Crippen molar-refractivity contribution in [2.45, 2.75) is 25.9 Å². The molecule has 35 heavy (non-hydrogen) atoms. The van der Waals surface area contributed by atoms with Crippen LogP contribution in [0, 0.1) is 13.8 Å². The Hall–Kier alpha value is -2.94. The van der Waals surface area contributed by atoms with Crippen molar-refractivity contribution < 1.29 is 9.47 Å². The third-order valence-corrected chi connectivity index (χ3v) is 7.43. The molecule has 3 aromatic rings. The van der Waals surface area contributed by atoms with Crippen LogP contribution in [-0.4, -0.2) is 71.0 Å². The van der Waals surface area contributed by atoms with Gasteiger partial charge in [-0.05, 0) is 74.1 Å². The van der Waals surface area contributed by atoms with Gasteiger partial charge in [0.2, 0.25) is 0 Å². The van der Waals surface area contributed by atoms with E-state index in [9.17, 15) is 0 Å². The third-order valence-electron chi connectivity index (χ3n) is 7.08. The van der Waals surface area contributed by atoms with Crippen LogP contribution in [0.3, 0.4) is 0 Å². The first kappa shape index (κ1) is 23.8. The molecule has 0 radical (unpaired) electrons. The number of benzene rings is 1. The molecule has 184 valence electrons. The number of ether oxygens (including phenoxy) is 2. The van der Waals surface area contributed by atoms with E-state index in [4.69, 9.17) is 26.7 Å². The molecular formula is C27H33N5O2S. The second kappa shape index (κ2) is 10.4. The first-order valence-electron chi connectivity index (χ1n) is 12.2. The van der Waals surface area contributed by atoms with Crippen LogP contribution >= 0.6 is 12.2 Å². The van der Waals surface area contributed by atoms with E-state index in [1.807, 2.05) is 30.5 Å². The van der Waals surface area contributed by atoms with Gasteiger partial charge in [-0.15, -0.1) is 0 Å². The van der Waals surface area contributed by atoms with E-state index < -0.39 is 0 Å². The molecule has 2 fully saturated rings. The molecule has 7 nitrogen and oxygen atoms in total. The minimum Gasteiger partial charge on any atom is -0.497 e. The largest absolute Gasteiger partial charge is 0.497 e. The summed E-state index contributed by atoms with van der Waals surface area (Å²) in [6.07, 6.45) is 1.86. The predicted molar refractivity (Wildman–Crippen MR) is 141 cm³/mol. The summed E-state index contributed by atoms with van der Waals surface area (Å²) in [5.74, 6) is 0.853. The lowest BCUT2D eigenvalue weighted by Gasteiger charge is -2.32. The van der Waals surface area contributed by atoms with Crippen molar-refractivity contribution in [2.75, 3.05) is 46.5 Å². The van der Waals surface area contributed by atoms with E-state index in [2.05, 4.69) is 57.8 Å². The number of aromatic nitrogens is 2. The highest BCUT2D eigenvalue weighted by Crippen LogP contribution is 2.41. The van der Waals surface area contributed by atoms with Gasteiger partial charge in [0.15, 0.2) is 5.11 Å². The van der Waals surface area contributed by atoms with Crippen LogP contribution in [0.4, 0.5) is 0 Å². The molecule has 0 saturated carbocycles. The fraction of sp³-hybridized carbons (Fsp3) is 0.407. The van der Waals surface area contributed by atoms with Crippen LogP contribution < -0.4 is 10.1 Å². The van der Waals surface area contributed by atoms with Crippen molar-refractivity contribution in [2.24, 2.45) is 0 Å². The van der Waals surface area contributed by atoms with Crippen LogP contribution in [0.2, 0.25) is 0 Å². The number of nitrogens with zero attached hydrogens (tertiary/aromatic N) is 4. The zero-order chi connectivity index (χ0) is 24.4. The van der Waals surface area contributed by atoms with Crippen LogP contribution in [0.15, 0.2) is 54.7 Å². The Kier molecular flexibility index (Phi) is 7.04. The highest BCUT2D eigenvalue weighted by atomic mass is 32.1. The van der Waals surface area contributed by atoms with E-state index >= 15 is 0 Å². The fourth-order valence-corrected chi connectivity index (χ4v) is 5.61. The van der Waals surface area contributed by atoms with Gasteiger partial charge < -0.3 is 24.3 Å². The van der Waals surface area contributed by atoms with Crippen LogP contribution in [-0.2, 0) is 4.74 Å². The smallest absolute Gasteiger partial charge is 0.170 e. The normalized spacial score (nSPS) is 20.8. The molecule has 1 aromatic carbocycles. The highest BCUT2D eigenvalue weighted by Gasteiger charge is 2.41. The summed E-state index contributed by atoms with van der Waals surface area (Å²) in [7, 11) is 1.69. The number of rotatable bonds is 7. The lowest BCUT2D eigenvalue weighted by atomic mass is 9.96. The molecule has 0 bridgehead atoms. The molecule has 0 aliphatic carbocycles. The molecule has 2 aliphatic rings. The van der Waals surface area contributed by atoms with E-state index in [0.717, 1.165) is 61.6 Å². The average Bonchev–Trinajstić information content (AvgIpc) is 3.38. The minimum absolute atomic E-state index is 0.0155. The second-order valence-corrected chi connectivity index (χ2v) is 9.52. The van der Waals surface area contributed by atoms with Gasteiger partial charge in [0.25, 0.3) is 0 Å². The number of aryl methyl sites for hydroxylation is 1. The zero-order valence-electron chi connectivity index (χ0n) is 20.6. The molecule has 0 amide bonds. The monoisotopic (exact) mass is 491 g/mol. The van der Waals surface area contributed by atoms with Crippen molar-refractivity contribution in [1.82, 2.24) is 24.7 Å². The summed E-state index contributed by atoms with van der Waals surface area (Å²) in [6, 6.07) is 16.6. The summed E-state index contributed by atoms with van der Waals surface area (Å²) in [4.78, 5) is 9.50. The van der Waals surface area contributed by atoms with E-state index in [-0.39, 0.29) is 12.1 Å². The summed E-state index contributed by atoms with van der Waals surface area (Å²) < 4.78 is 13.2. The van der Waals surface area contributed by atoms with Crippen LogP contribution in [0.1, 0.15) is 34.7 Å². The quantitative estimate of drug-likeness (QED) is 0.505. The summed E-state index contributed by atoms with van der Waals surface area (Å²) in [5, 5.41) is 4.38. The molecule has 2 aliphatic heterocycles. The molecule has 1 N–H and O–H groups in total. The summed E-state index contributed by atoms with van der Waals surface area (Å²) in [5.41, 5.74) is 5.79. The highest BCUT2D eigenvalue weighted by molar-refractivity contribution is 7.80. The molecule has 2 saturated heterocycles. The first-order chi connectivity index (χ1) is 17.1. The summed E-state index contributed by atoms with van der Waals surface area (Å²) in [6.45, 7) is 9.69. The predicted octanol–water partition coefficient (Wildman–Crippen LogP) is 3.80.